The second-order valence-electron chi connectivity index (χ2n) is 4.83. The van der Waals surface area contributed by atoms with Crippen LogP contribution in [0.15, 0.2) is 40.5 Å². The van der Waals surface area contributed by atoms with Gasteiger partial charge in [-0.3, -0.25) is 14.2 Å². The molecule has 0 aromatic carbocycles. The maximum absolute atomic E-state index is 12.2. The monoisotopic (exact) mass is 302 g/mol. The van der Waals surface area contributed by atoms with E-state index in [-0.39, 0.29) is 23.9 Å². The Balaban J connectivity index is 1.75. The van der Waals surface area contributed by atoms with Crippen LogP contribution in [0.4, 0.5) is 5.82 Å². The first kappa shape index (κ1) is 13.8. The molecule has 0 radical (unpaired) electrons. The SMILES string of the molecule is Cc1cnc2n(c1=O)C(CC(=O)Nc1ccccn1)CS2. The van der Waals surface area contributed by atoms with E-state index in [0.29, 0.717) is 22.3 Å². The molecule has 1 unspecified atom stereocenters. The molecule has 1 aliphatic heterocycles. The van der Waals surface area contributed by atoms with Crippen LogP contribution in [-0.2, 0) is 4.79 Å². The number of fused-ring (bicyclic) bond motifs is 1. The first-order chi connectivity index (χ1) is 10.1. The summed E-state index contributed by atoms with van der Waals surface area (Å²) in [4.78, 5) is 32.5. The molecule has 3 heterocycles. The van der Waals surface area contributed by atoms with Crippen molar-refractivity contribution in [1.29, 1.82) is 0 Å². The molecule has 1 atom stereocenters. The molecule has 0 bridgehead atoms. The van der Waals surface area contributed by atoms with Crippen LogP contribution in [-0.4, -0.2) is 26.2 Å². The minimum absolute atomic E-state index is 0.0689. The third-order valence-electron chi connectivity index (χ3n) is 3.25. The molecule has 3 rings (SSSR count). The Morgan fingerprint density at radius 1 is 1.48 bits per heavy atom. The quantitative estimate of drug-likeness (QED) is 0.872. The van der Waals surface area contributed by atoms with E-state index in [9.17, 15) is 9.59 Å². The highest BCUT2D eigenvalue weighted by atomic mass is 32.2. The lowest BCUT2D eigenvalue weighted by molar-refractivity contribution is -0.116. The van der Waals surface area contributed by atoms with Crippen molar-refractivity contribution in [3.63, 3.8) is 0 Å². The molecule has 1 amide bonds. The molecule has 0 saturated heterocycles. The number of anilines is 1. The summed E-state index contributed by atoms with van der Waals surface area (Å²) >= 11 is 1.50. The van der Waals surface area contributed by atoms with Gasteiger partial charge in [0.1, 0.15) is 5.82 Å². The van der Waals surface area contributed by atoms with Crippen LogP contribution >= 0.6 is 11.8 Å². The zero-order chi connectivity index (χ0) is 14.8. The van der Waals surface area contributed by atoms with Crippen molar-refractivity contribution < 1.29 is 4.79 Å². The average Bonchev–Trinajstić information content (AvgIpc) is 2.87. The van der Waals surface area contributed by atoms with Crippen molar-refractivity contribution in [2.24, 2.45) is 0 Å². The molecular weight excluding hydrogens is 288 g/mol. The van der Waals surface area contributed by atoms with E-state index < -0.39 is 0 Å². The fraction of sp³-hybridized carbons (Fsp3) is 0.286. The van der Waals surface area contributed by atoms with Crippen LogP contribution in [0.3, 0.4) is 0 Å². The number of hydrogen-bond donors (Lipinski definition) is 1. The topological polar surface area (TPSA) is 76.9 Å². The van der Waals surface area contributed by atoms with Crippen LogP contribution in [0, 0.1) is 6.92 Å². The minimum atomic E-state index is -0.159. The number of nitrogens with zero attached hydrogens (tertiary/aromatic N) is 3. The number of thioether (sulfide) groups is 1. The highest BCUT2D eigenvalue weighted by Gasteiger charge is 2.27. The van der Waals surface area contributed by atoms with E-state index in [1.165, 1.54) is 11.8 Å². The molecule has 0 fully saturated rings. The van der Waals surface area contributed by atoms with Crippen molar-refractivity contribution in [2.75, 3.05) is 11.1 Å². The fourth-order valence-corrected chi connectivity index (χ4v) is 3.32. The Kier molecular flexibility index (Phi) is 3.74. The highest BCUT2D eigenvalue weighted by Crippen LogP contribution is 2.31. The van der Waals surface area contributed by atoms with E-state index in [0.717, 1.165) is 0 Å². The van der Waals surface area contributed by atoms with Crippen molar-refractivity contribution in [3.05, 3.63) is 46.5 Å². The van der Waals surface area contributed by atoms with Gasteiger partial charge in [-0.25, -0.2) is 9.97 Å². The zero-order valence-corrected chi connectivity index (χ0v) is 12.3. The first-order valence-electron chi connectivity index (χ1n) is 6.57. The summed E-state index contributed by atoms with van der Waals surface area (Å²) in [6.45, 7) is 1.73. The second-order valence-corrected chi connectivity index (χ2v) is 5.82. The van der Waals surface area contributed by atoms with E-state index in [1.54, 1.807) is 42.1 Å². The van der Waals surface area contributed by atoms with Crippen molar-refractivity contribution in [1.82, 2.24) is 14.5 Å². The van der Waals surface area contributed by atoms with Gasteiger partial charge in [-0.05, 0) is 19.1 Å². The number of carbonyl (C=O) groups excluding carboxylic acids is 1. The van der Waals surface area contributed by atoms with Gasteiger partial charge in [-0.15, -0.1) is 0 Å². The number of nitrogens with one attached hydrogen (secondary N) is 1. The highest BCUT2D eigenvalue weighted by molar-refractivity contribution is 7.99. The van der Waals surface area contributed by atoms with Gasteiger partial charge in [-0.2, -0.15) is 0 Å². The fourth-order valence-electron chi connectivity index (χ4n) is 2.22. The summed E-state index contributed by atoms with van der Waals surface area (Å²) in [7, 11) is 0. The predicted molar refractivity (Wildman–Crippen MR) is 80.5 cm³/mol. The van der Waals surface area contributed by atoms with Gasteiger partial charge in [0.15, 0.2) is 5.16 Å². The van der Waals surface area contributed by atoms with Gasteiger partial charge in [0, 0.05) is 30.1 Å². The molecule has 21 heavy (non-hydrogen) atoms. The maximum Gasteiger partial charge on any atom is 0.257 e. The molecule has 7 heteroatoms. The molecule has 0 aliphatic carbocycles. The summed E-state index contributed by atoms with van der Waals surface area (Å²) in [5, 5.41) is 3.42. The minimum Gasteiger partial charge on any atom is -0.311 e. The lowest BCUT2D eigenvalue weighted by Crippen LogP contribution is -2.28. The normalized spacial score (nSPS) is 16.5. The number of carbonyl (C=O) groups is 1. The summed E-state index contributed by atoms with van der Waals surface area (Å²) in [5.41, 5.74) is 0.525. The van der Waals surface area contributed by atoms with Gasteiger partial charge in [0.05, 0.1) is 6.04 Å². The lowest BCUT2D eigenvalue weighted by atomic mass is 10.2. The largest absolute Gasteiger partial charge is 0.311 e. The van der Waals surface area contributed by atoms with Crippen LogP contribution in [0.2, 0.25) is 0 Å². The molecule has 108 valence electrons. The summed E-state index contributed by atoms with van der Waals surface area (Å²) in [6.07, 6.45) is 3.44. The Morgan fingerprint density at radius 2 is 2.33 bits per heavy atom. The standard InChI is InChI=1S/C14H14N4O2S/c1-9-7-16-14-18(13(9)20)10(8-21-14)6-12(19)17-11-4-2-3-5-15-11/h2-5,7,10H,6,8H2,1H3,(H,15,17,19). The number of hydrogen-bond acceptors (Lipinski definition) is 5. The smallest absolute Gasteiger partial charge is 0.257 e. The average molecular weight is 302 g/mol. The van der Waals surface area contributed by atoms with Gasteiger partial charge < -0.3 is 5.32 Å². The molecule has 1 N–H and O–H groups in total. The third-order valence-corrected chi connectivity index (χ3v) is 4.37. The Bertz CT molecular complexity index is 729. The van der Waals surface area contributed by atoms with Crippen molar-refractivity contribution >= 4 is 23.5 Å². The molecule has 2 aromatic heterocycles. The van der Waals surface area contributed by atoms with Gasteiger partial charge >= 0.3 is 0 Å². The van der Waals surface area contributed by atoms with E-state index in [2.05, 4.69) is 15.3 Å². The zero-order valence-electron chi connectivity index (χ0n) is 11.4. The van der Waals surface area contributed by atoms with Crippen LogP contribution in [0.5, 0.6) is 0 Å². The van der Waals surface area contributed by atoms with Crippen LogP contribution in [0.1, 0.15) is 18.0 Å². The molecule has 6 nitrogen and oxygen atoms in total. The predicted octanol–water partition coefficient (Wildman–Crippen LogP) is 1.62. The number of amides is 1. The van der Waals surface area contributed by atoms with Gasteiger partial charge in [0.25, 0.3) is 5.56 Å². The van der Waals surface area contributed by atoms with Gasteiger partial charge in [-0.1, -0.05) is 17.8 Å². The van der Waals surface area contributed by atoms with Crippen LogP contribution < -0.4 is 10.9 Å². The Morgan fingerprint density at radius 3 is 3.10 bits per heavy atom. The van der Waals surface area contributed by atoms with Crippen molar-refractivity contribution in [2.45, 2.75) is 24.5 Å². The van der Waals surface area contributed by atoms with Crippen LogP contribution in [0.25, 0.3) is 0 Å². The molecule has 0 spiro atoms. The second kappa shape index (κ2) is 5.69. The summed E-state index contributed by atoms with van der Waals surface area (Å²) < 4.78 is 1.62. The number of aromatic nitrogens is 3. The first-order valence-corrected chi connectivity index (χ1v) is 7.55. The molecule has 1 aliphatic rings. The van der Waals surface area contributed by atoms with Gasteiger partial charge in [0.2, 0.25) is 5.91 Å². The molecule has 2 aromatic rings. The summed E-state index contributed by atoms with van der Waals surface area (Å²) in [6, 6.07) is 5.16. The van der Waals surface area contributed by atoms with E-state index in [4.69, 9.17) is 0 Å². The third kappa shape index (κ3) is 2.82. The number of rotatable bonds is 3. The van der Waals surface area contributed by atoms with E-state index >= 15 is 0 Å². The maximum atomic E-state index is 12.2. The number of aryl methyl sites for hydroxylation is 1. The number of pyridine rings is 1. The molecule has 0 saturated carbocycles. The van der Waals surface area contributed by atoms with E-state index in [1.807, 2.05) is 0 Å². The van der Waals surface area contributed by atoms with Crippen molar-refractivity contribution in [3.8, 4) is 0 Å². The Hall–Kier alpha value is -2.15. The molecular formula is C14H14N4O2S. The summed E-state index contributed by atoms with van der Waals surface area (Å²) in [5.74, 6) is 1.05. The lowest BCUT2D eigenvalue weighted by Gasteiger charge is -2.13. The Labute approximate surface area is 125 Å².